The number of halogens is 5. The third-order valence-electron chi connectivity index (χ3n) is 14.1. The number of hydrogen-bond donors (Lipinski definition) is 5. The van der Waals surface area contributed by atoms with E-state index < -0.39 is 35.1 Å². The van der Waals surface area contributed by atoms with E-state index in [-0.39, 0.29) is 100 Å². The number of carbonyl (C=O) groups excluding carboxylic acids is 5. The molecule has 474 valence electrons. The molecule has 0 aliphatic carbocycles. The number of carboxylic acids is 1. The summed E-state index contributed by atoms with van der Waals surface area (Å²) in [5.74, 6) is -5.31. The molecule has 0 atom stereocenters. The first-order valence-electron chi connectivity index (χ1n) is 27.7. The van der Waals surface area contributed by atoms with Crippen molar-refractivity contribution >= 4 is 80.4 Å². The van der Waals surface area contributed by atoms with Gasteiger partial charge in [-0.1, -0.05) is 52.0 Å². The molecule has 2 aromatic carbocycles. The van der Waals surface area contributed by atoms with Gasteiger partial charge in [0.1, 0.15) is 12.4 Å². The predicted molar refractivity (Wildman–Crippen MR) is 322 cm³/mol. The number of aryl methyl sites for hydroxylation is 2. The largest absolute Gasteiger partial charge is 1.00 e. The van der Waals surface area contributed by atoms with E-state index in [0.717, 1.165) is 56.9 Å². The molecule has 14 rings (SSSR count). The van der Waals surface area contributed by atoms with Gasteiger partial charge in [-0.15, -0.1) is 27.7 Å². The highest BCUT2D eigenvalue weighted by molar-refractivity contribution is 6.45. The van der Waals surface area contributed by atoms with Crippen molar-refractivity contribution in [3.05, 3.63) is 200 Å². The summed E-state index contributed by atoms with van der Waals surface area (Å²) in [7, 11) is 2.02. The van der Waals surface area contributed by atoms with Gasteiger partial charge in [-0.2, -0.15) is 0 Å². The lowest BCUT2D eigenvalue weighted by atomic mass is 10.1. The van der Waals surface area contributed by atoms with E-state index >= 15 is 0 Å². The summed E-state index contributed by atoms with van der Waals surface area (Å²) in [6, 6.07) is 20.0. The Morgan fingerprint density at radius 3 is 1.43 bits per heavy atom. The number of benzene rings is 2. The van der Waals surface area contributed by atoms with Crippen LogP contribution in [0.4, 0.5) is 13.2 Å². The summed E-state index contributed by atoms with van der Waals surface area (Å²) < 4.78 is 50.0. The van der Waals surface area contributed by atoms with Gasteiger partial charge in [-0.05, 0) is 37.3 Å². The summed E-state index contributed by atoms with van der Waals surface area (Å²) in [5, 5.41) is 34.6. The number of nitrogens with one attached hydrogen (secondary N) is 4. The minimum absolute atomic E-state index is 0. The SMILES string of the molecule is CCn1cc[n+](C)c1.Cl.Fc1cnc(-n2ccnn2)c2[nH]ccc12.O=C(C(=O)N1CCN(C(=O)c2ccccc2)CC1)c1c[nH]c2c(-n3ccnn3)ncc(F)c12.O=C(O)C(=O)c1c[nH]c2c(-n3ccnn3)ncc(F)c12.O=C(c1ccccc1)N1CCNCC1.[Cl-]. The molecule has 0 saturated carbocycles. The zero-order valence-electron chi connectivity index (χ0n) is 48.8. The lowest BCUT2D eigenvalue weighted by molar-refractivity contribution is -0.671. The van der Waals surface area contributed by atoms with Crippen molar-refractivity contribution in [3.63, 3.8) is 0 Å². The van der Waals surface area contributed by atoms with Crippen LogP contribution in [0.2, 0.25) is 0 Å². The maximum atomic E-state index is 14.6. The van der Waals surface area contributed by atoms with Crippen LogP contribution in [0.3, 0.4) is 0 Å². The standard InChI is InChI=1S/C22H18FN7O3.C11H6FN5O3.C11H14N2O.C9H6FN5.C6H11N2.2ClH/c23-16-13-25-20(30-7-6-26-27-30)18-17(16)15(12-24-18)19(31)22(33)29-10-8-28(9-11-29)21(32)14-4-2-1-3-5-14;12-6-4-14-10(17-2-1-15-16-17)8-7(6)5(3-13-8)9(18)11(19)20;14-11(10-4-2-1-3-5-10)13-8-6-12-7-9-13;10-7-5-12-9(15-4-3-13-14-15)8-6(7)1-2-11-8;1-3-8-5-4-7(2)6-8;;/h1-7,12-13,24H,8-11H2;1-4,13H,(H,19,20);1-5,12H,6-9H2;1-5,11H;4-6H,3H2,1-2H3;2*1H/q;;;;+1;;/p-1. The number of Topliss-reactive ketones (excluding diaryl/α,β-unsaturated/α-hetero) is 2. The van der Waals surface area contributed by atoms with E-state index in [2.05, 4.69) is 90.2 Å². The van der Waals surface area contributed by atoms with Gasteiger partial charge in [0, 0.05) is 87.5 Å². The van der Waals surface area contributed by atoms with Crippen molar-refractivity contribution < 1.29 is 64.0 Å². The number of aromatic amines is 3. The molecule has 92 heavy (non-hydrogen) atoms. The maximum Gasteiger partial charge on any atom is 0.377 e. The van der Waals surface area contributed by atoms with Crippen LogP contribution in [0, 0.1) is 17.5 Å². The smallest absolute Gasteiger partial charge is 0.377 e. The van der Waals surface area contributed by atoms with E-state index in [1.807, 2.05) is 59.1 Å². The van der Waals surface area contributed by atoms with Crippen molar-refractivity contribution in [2.75, 3.05) is 52.4 Å². The molecule has 33 heteroatoms. The summed E-state index contributed by atoms with van der Waals surface area (Å²) in [6.07, 6.45) is 22.3. The lowest BCUT2D eigenvalue weighted by Crippen LogP contribution is -3.00. The van der Waals surface area contributed by atoms with Gasteiger partial charge in [-0.25, -0.2) is 56.1 Å². The third-order valence-corrected chi connectivity index (χ3v) is 14.1. The molecule has 28 nitrogen and oxygen atoms in total. The lowest BCUT2D eigenvalue weighted by Gasteiger charge is -2.34. The molecule has 10 aromatic heterocycles. The predicted octanol–water partition coefficient (Wildman–Crippen LogP) is 1.77. The second-order valence-corrected chi connectivity index (χ2v) is 19.7. The number of aliphatic carboxylic acids is 1. The van der Waals surface area contributed by atoms with Crippen LogP contribution in [-0.2, 0) is 23.2 Å². The van der Waals surface area contributed by atoms with E-state index in [0.29, 0.717) is 35.4 Å². The molecule has 3 amide bonds. The van der Waals surface area contributed by atoms with E-state index in [1.165, 1.54) is 56.1 Å². The Bertz CT molecular complexity index is 4460. The highest BCUT2D eigenvalue weighted by Crippen LogP contribution is 2.28. The molecule has 0 bridgehead atoms. The third kappa shape index (κ3) is 15.0. The zero-order valence-corrected chi connectivity index (χ0v) is 50.4. The normalized spacial score (nSPS) is 12.6. The number of imidazole rings is 1. The molecule has 2 aliphatic heterocycles. The van der Waals surface area contributed by atoms with Crippen LogP contribution in [0.1, 0.15) is 48.4 Å². The van der Waals surface area contributed by atoms with E-state index in [1.54, 1.807) is 53.8 Å². The van der Waals surface area contributed by atoms with E-state index in [9.17, 15) is 41.9 Å². The van der Waals surface area contributed by atoms with Crippen LogP contribution in [-0.4, -0.2) is 187 Å². The number of piperazine rings is 2. The molecule has 2 saturated heterocycles. The summed E-state index contributed by atoms with van der Waals surface area (Å²) >= 11 is 0. The van der Waals surface area contributed by atoms with Crippen LogP contribution >= 0.6 is 12.4 Å². The van der Waals surface area contributed by atoms with Gasteiger partial charge in [0.2, 0.25) is 6.33 Å². The van der Waals surface area contributed by atoms with Gasteiger partial charge in [0.15, 0.2) is 34.9 Å². The Hall–Kier alpha value is -11.3. The van der Waals surface area contributed by atoms with E-state index in [4.69, 9.17) is 5.11 Å². The van der Waals surface area contributed by atoms with Crippen molar-refractivity contribution in [2.45, 2.75) is 13.5 Å². The molecule has 5 N–H and O–H groups in total. The molecule has 0 unspecified atom stereocenters. The number of aromatic nitrogens is 17. The fraction of sp³-hybridized carbons (Fsp3) is 0.186. The number of ketones is 2. The first-order chi connectivity index (χ1) is 43.7. The second kappa shape index (κ2) is 30.7. The van der Waals surface area contributed by atoms with Crippen molar-refractivity contribution in [3.8, 4) is 17.5 Å². The summed E-state index contributed by atoms with van der Waals surface area (Å²) in [5.41, 5.74) is 2.01. The number of H-pyrrole nitrogens is 3. The Labute approximate surface area is 531 Å². The monoisotopic (exact) mass is 1300 g/mol. The average molecular weight is 1300 g/mol. The van der Waals surface area contributed by atoms with Gasteiger partial charge in [0.25, 0.3) is 29.3 Å². The Morgan fingerprint density at radius 1 is 0.565 bits per heavy atom. The Kier molecular flexibility index (Phi) is 22.3. The minimum atomic E-state index is -1.66. The number of pyridine rings is 3. The minimum Gasteiger partial charge on any atom is -1.00 e. The fourth-order valence-electron chi connectivity index (χ4n) is 9.61. The molecule has 2 aliphatic rings. The molecule has 12 heterocycles. The molecule has 2 fully saturated rings. The number of carbonyl (C=O) groups is 6. The number of rotatable bonds is 10. The molecular formula is C59H56Cl2F3N21O7. The number of carboxylic acid groups (broad SMARTS) is 1. The highest BCUT2D eigenvalue weighted by Gasteiger charge is 2.32. The summed E-state index contributed by atoms with van der Waals surface area (Å²) in [6.45, 7) is 7.63. The highest BCUT2D eigenvalue weighted by atomic mass is 35.5. The van der Waals surface area contributed by atoms with Crippen molar-refractivity contribution in [2.24, 2.45) is 7.05 Å². The first kappa shape index (κ1) is 66.6. The number of nitrogens with zero attached hydrogens (tertiary/aromatic N) is 17. The summed E-state index contributed by atoms with van der Waals surface area (Å²) in [4.78, 5) is 97.8. The van der Waals surface area contributed by atoms with Gasteiger partial charge < -0.3 is 52.5 Å². The topological polar surface area (TPSA) is 331 Å². The Balaban J connectivity index is 0.000000159. The Morgan fingerprint density at radius 2 is 1.01 bits per heavy atom. The number of fused-ring (bicyclic) bond motifs is 3. The molecule has 12 aromatic rings. The van der Waals surface area contributed by atoms with Crippen molar-refractivity contribution in [1.82, 2.24) is 99.5 Å². The molecule has 0 spiro atoms. The fourth-order valence-corrected chi connectivity index (χ4v) is 9.61. The van der Waals surface area contributed by atoms with Crippen LogP contribution in [0.5, 0.6) is 0 Å². The molecular weight excluding hydrogens is 1240 g/mol. The number of amides is 3. The maximum absolute atomic E-state index is 14.6. The average Bonchev–Trinajstić information content (AvgIpc) is 1.60. The van der Waals surface area contributed by atoms with Crippen LogP contribution in [0.25, 0.3) is 50.2 Å². The van der Waals surface area contributed by atoms with Gasteiger partial charge in [-0.3, -0.25) is 24.0 Å². The zero-order chi connectivity index (χ0) is 63.3. The quantitative estimate of drug-likeness (QED) is 0.0740. The second-order valence-electron chi connectivity index (χ2n) is 19.7. The first-order valence-corrected chi connectivity index (χ1v) is 27.7. The van der Waals surface area contributed by atoms with Crippen LogP contribution in [0.15, 0.2) is 160 Å². The van der Waals surface area contributed by atoms with Crippen LogP contribution < -0.4 is 22.3 Å². The van der Waals surface area contributed by atoms with Gasteiger partial charge >= 0.3 is 5.97 Å². The number of hydrogen-bond acceptors (Lipinski definition) is 16. The van der Waals surface area contributed by atoms with Crippen molar-refractivity contribution in [1.29, 1.82) is 0 Å². The van der Waals surface area contributed by atoms with Gasteiger partial charge in [0.05, 0.1) is 108 Å². The molecule has 0 radical (unpaired) electrons.